The Morgan fingerprint density at radius 1 is 0.949 bits per heavy atom. The SMILES string of the molecule is CNC(=O)c1cc(Oc2ccc(CNC(=O)Nc3cc(C(F)(F)F)ccc3N(C)CCN(C)C)cc2)ccn1. The van der Waals surface area contributed by atoms with E-state index in [9.17, 15) is 22.8 Å². The molecule has 0 spiro atoms. The number of amides is 3. The van der Waals surface area contributed by atoms with Crippen LogP contribution in [0.2, 0.25) is 0 Å². The third-order valence-electron chi connectivity index (χ3n) is 5.67. The van der Waals surface area contributed by atoms with Crippen LogP contribution in [-0.2, 0) is 12.7 Å². The van der Waals surface area contributed by atoms with E-state index in [-0.39, 0.29) is 23.8 Å². The molecule has 0 saturated heterocycles. The summed E-state index contributed by atoms with van der Waals surface area (Å²) in [6.07, 6.45) is -3.08. The number of rotatable bonds is 10. The van der Waals surface area contributed by atoms with Gasteiger partial charge in [0.25, 0.3) is 5.91 Å². The Bertz CT molecular complexity index is 1280. The number of nitrogens with zero attached hydrogens (tertiary/aromatic N) is 3. The van der Waals surface area contributed by atoms with Gasteiger partial charge in [-0.1, -0.05) is 12.1 Å². The van der Waals surface area contributed by atoms with E-state index in [1.165, 1.54) is 25.4 Å². The summed E-state index contributed by atoms with van der Waals surface area (Å²) in [5, 5.41) is 7.72. The number of likely N-dealkylation sites (N-methyl/N-ethyl adjacent to an activating group) is 2. The van der Waals surface area contributed by atoms with Crippen LogP contribution in [0.25, 0.3) is 0 Å². The van der Waals surface area contributed by atoms with Crippen LogP contribution in [0.15, 0.2) is 60.8 Å². The maximum absolute atomic E-state index is 13.3. The molecule has 0 aliphatic carbocycles. The molecule has 3 amide bonds. The number of hydrogen-bond donors (Lipinski definition) is 3. The van der Waals surface area contributed by atoms with E-state index in [1.54, 1.807) is 42.3 Å². The maximum atomic E-state index is 13.3. The molecule has 2 aromatic carbocycles. The number of ether oxygens (including phenoxy) is 1. The summed E-state index contributed by atoms with van der Waals surface area (Å²) in [5.74, 6) is 0.602. The fraction of sp³-hybridized carbons (Fsp3) is 0.296. The van der Waals surface area contributed by atoms with Crippen LogP contribution in [-0.4, -0.2) is 63.1 Å². The molecule has 0 unspecified atom stereocenters. The van der Waals surface area contributed by atoms with Gasteiger partial charge in [-0.05, 0) is 56.1 Å². The minimum atomic E-state index is -4.54. The topological polar surface area (TPSA) is 98.8 Å². The Morgan fingerprint density at radius 2 is 1.67 bits per heavy atom. The zero-order valence-corrected chi connectivity index (χ0v) is 22.1. The van der Waals surface area contributed by atoms with E-state index in [0.717, 1.165) is 17.7 Å². The minimum absolute atomic E-state index is 0.0563. The number of anilines is 2. The number of alkyl halides is 3. The average Bonchev–Trinajstić information content (AvgIpc) is 2.90. The molecule has 1 aromatic heterocycles. The van der Waals surface area contributed by atoms with Gasteiger partial charge in [0.1, 0.15) is 17.2 Å². The van der Waals surface area contributed by atoms with E-state index in [2.05, 4.69) is 20.9 Å². The Morgan fingerprint density at radius 3 is 2.31 bits per heavy atom. The first-order valence-corrected chi connectivity index (χ1v) is 12.0. The number of carbonyl (C=O) groups is 2. The van der Waals surface area contributed by atoms with Crippen molar-refractivity contribution < 1.29 is 27.5 Å². The normalized spacial score (nSPS) is 11.2. The van der Waals surface area contributed by atoms with Crippen molar-refractivity contribution in [2.24, 2.45) is 0 Å². The van der Waals surface area contributed by atoms with Crippen molar-refractivity contribution >= 4 is 23.3 Å². The van der Waals surface area contributed by atoms with Crippen LogP contribution in [0, 0.1) is 0 Å². The van der Waals surface area contributed by atoms with Crippen molar-refractivity contribution in [3.63, 3.8) is 0 Å². The summed E-state index contributed by atoms with van der Waals surface area (Å²) < 4.78 is 45.7. The lowest BCUT2D eigenvalue weighted by atomic mass is 10.1. The predicted molar refractivity (Wildman–Crippen MR) is 143 cm³/mol. The molecule has 0 radical (unpaired) electrons. The highest BCUT2D eigenvalue weighted by Crippen LogP contribution is 2.35. The van der Waals surface area contributed by atoms with Gasteiger partial charge in [-0.2, -0.15) is 13.2 Å². The minimum Gasteiger partial charge on any atom is -0.457 e. The van der Waals surface area contributed by atoms with E-state index >= 15 is 0 Å². The van der Waals surface area contributed by atoms with Gasteiger partial charge in [0.05, 0.1) is 16.9 Å². The molecular formula is C27H31F3N6O3. The monoisotopic (exact) mass is 544 g/mol. The number of carbonyl (C=O) groups excluding carboxylic acids is 2. The first-order chi connectivity index (χ1) is 18.5. The molecule has 3 aromatic rings. The molecule has 12 heteroatoms. The average molecular weight is 545 g/mol. The Hall–Kier alpha value is -4.32. The predicted octanol–water partition coefficient (Wildman–Crippen LogP) is 4.57. The molecule has 1 heterocycles. The highest BCUT2D eigenvalue weighted by Gasteiger charge is 2.31. The van der Waals surface area contributed by atoms with Crippen molar-refractivity contribution in [3.05, 3.63) is 77.6 Å². The summed E-state index contributed by atoms with van der Waals surface area (Å²) in [6.45, 7) is 1.36. The van der Waals surface area contributed by atoms with Gasteiger partial charge in [0, 0.05) is 46.0 Å². The molecule has 0 atom stereocenters. The van der Waals surface area contributed by atoms with E-state index < -0.39 is 17.8 Å². The summed E-state index contributed by atoms with van der Waals surface area (Å²) >= 11 is 0. The highest BCUT2D eigenvalue weighted by atomic mass is 19.4. The van der Waals surface area contributed by atoms with E-state index in [4.69, 9.17) is 4.74 Å². The highest BCUT2D eigenvalue weighted by molar-refractivity contribution is 5.93. The number of nitrogens with one attached hydrogen (secondary N) is 3. The van der Waals surface area contributed by atoms with Crippen LogP contribution in [0.4, 0.5) is 29.3 Å². The van der Waals surface area contributed by atoms with Crippen LogP contribution in [0.3, 0.4) is 0 Å². The molecule has 3 N–H and O–H groups in total. The second-order valence-electron chi connectivity index (χ2n) is 8.96. The van der Waals surface area contributed by atoms with Gasteiger partial charge in [-0.3, -0.25) is 9.78 Å². The van der Waals surface area contributed by atoms with Gasteiger partial charge in [-0.15, -0.1) is 0 Å². The maximum Gasteiger partial charge on any atom is 0.416 e. The van der Waals surface area contributed by atoms with Crippen molar-refractivity contribution in [2.45, 2.75) is 12.7 Å². The second kappa shape index (κ2) is 13.0. The molecule has 0 fully saturated rings. The molecule has 0 aliphatic heterocycles. The summed E-state index contributed by atoms with van der Waals surface area (Å²) in [7, 11) is 7.06. The molecule has 208 valence electrons. The molecule has 3 rings (SSSR count). The Kier molecular flexibility index (Phi) is 9.72. The molecular weight excluding hydrogens is 513 g/mol. The Labute approximate surface area is 225 Å². The van der Waals surface area contributed by atoms with Crippen molar-refractivity contribution in [2.75, 3.05) is 51.5 Å². The molecule has 0 saturated carbocycles. The second-order valence-corrected chi connectivity index (χ2v) is 8.96. The number of aromatic nitrogens is 1. The lowest BCUT2D eigenvalue weighted by Crippen LogP contribution is -2.31. The van der Waals surface area contributed by atoms with Crippen LogP contribution in [0.5, 0.6) is 11.5 Å². The summed E-state index contributed by atoms with van der Waals surface area (Å²) in [5.41, 5.74) is 0.632. The number of pyridine rings is 1. The quantitative estimate of drug-likeness (QED) is 0.346. The van der Waals surface area contributed by atoms with Crippen molar-refractivity contribution in [1.82, 2.24) is 20.5 Å². The standard InChI is InChI=1S/C27H31F3N6O3/c1-31-25(37)23-16-21(11-12-32-23)39-20-8-5-18(6-9-20)17-33-26(38)34-22-15-19(27(28,29)30)7-10-24(22)36(4)14-13-35(2)3/h5-12,15-16H,13-14,17H2,1-4H3,(H,31,37)(H2,33,34,38). The number of urea groups is 1. The molecule has 0 bridgehead atoms. The fourth-order valence-electron chi connectivity index (χ4n) is 3.50. The number of benzene rings is 2. The zero-order chi connectivity index (χ0) is 28.6. The molecule has 9 nitrogen and oxygen atoms in total. The summed E-state index contributed by atoms with van der Waals surface area (Å²) in [6, 6.07) is 12.6. The zero-order valence-electron chi connectivity index (χ0n) is 22.1. The van der Waals surface area contributed by atoms with Gasteiger partial charge >= 0.3 is 12.2 Å². The van der Waals surface area contributed by atoms with Gasteiger partial charge in [-0.25, -0.2) is 4.79 Å². The smallest absolute Gasteiger partial charge is 0.416 e. The van der Waals surface area contributed by atoms with E-state index in [0.29, 0.717) is 30.3 Å². The van der Waals surface area contributed by atoms with Crippen molar-refractivity contribution in [1.29, 1.82) is 0 Å². The first kappa shape index (κ1) is 29.2. The van der Waals surface area contributed by atoms with Gasteiger partial charge in [0.2, 0.25) is 0 Å². The number of hydrogen-bond acceptors (Lipinski definition) is 6. The van der Waals surface area contributed by atoms with Crippen LogP contribution in [0.1, 0.15) is 21.6 Å². The van der Waals surface area contributed by atoms with Gasteiger partial charge in [0.15, 0.2) is 0 Å². The van der Waals surface area contributed by atoms with Gasteiger partial charge < -0.3 is 30.5 Å². The molecule has 0 aliphatic rings. The lowest BCUT2D eigenvalue weighted by molar-refractivity contribution is -0.137. The largest absolute Gasteiger partial charge is 0.457 e. The third-order valence-corrected chi connectivity index (χ3v) is 5.67. The lowest BCUT2D eigenvalue weighted by Gasteiger charge is -2.25. The summed E-state index contributed by atoms with van der Waals surface area (Å²) in [4.78, 5) is 32.1. The third kappa shape index (κ3) is 8.60. The first-order valence-electron chi connectivity index (χ1n) is 12.0. The Balaban J connectivity index is 1.64. The van der Waals surface area contributed by atoms with Crippen LogP contribution < -0.4 is 25.6 Å². The van der Waals surface area contributed by atoms with Crippen LogP contribution >= 0.6 is 0 Å². The fourth-order valence-corrected chi connectivity index (χ4v) is 3.50. The van der Waals surface area contributed by atoms with E-state index in [1.807, 2.05) is 19.0 Å². The number of halogens is 3. The molecule has 39 heavy (non-hydrogen) atoms. The van der Waals surface area contributed by atoms with Crippen molar-refractivity contribution in [3.8, 4) is 11.5 Å².